The van der Waals surface area contributed by atoms with Crippen molar-refractivity contribution in [2.24, 2.45) is 0 Å². The first-order chi connectivity index (χ1) is 18.5. The van der Waals surface area contributed by atoms with Crippen LogP contribution in [-0.4, -0.2) is 58.0 Å². The van der Waals surface area contributed by atoms with Gasteiger partial charge in [0, 0.05) is 11.9 Å². The number of carboxylic acids is 2. The smallest absolute Gasteiger partial charge is 0.550 e. The summed E-state index contributed by atoms with van der Waals surface area (Å²) in [4.78, 5) is 20.4. The maximum absolute atomic E-state index is 10.2. The second kappa shape index (κ2) is 43.9. The molecule has 228 valence electrons. The summed E-state index contributed by atoms with van der Waals surface area (Å²) in [5.41, 5.74) is 0. The normalized spacial score (nSPS) is 10.2. The molecule has 0 N–H and O–H groups in total. The molecule has 0 fully saturated rings. The molecule has 0 aromatic rings. The average Bonchev–Trinajstić information content (AvgIpc) is 2.89. The minimum Gasteiger partial charge on any atom is -0.550 e. The van der Waals surface area contributed by atoms with E-state index < -0.39 is 11.9 Å². The van der Waals surface area contributed by atoms with Crippen molar-refractivity contribution in [3.63, 3.8) is 0 Å². The van der Waals surface area contributed by atoms with Crippen LogP contribution in [0.2, 0.25) is 0 Å². The summed E-state index contributed by atoms with van der Waals surface area (Å²) < 4.78 is 0. The Hall–Kier alpha value is 0.472. The zero-order valence-corrected chi connectivity index (χ0v) is 30.1. The number of rotatable bonds is 30. The molecule has 0 rings (SSSR count). The minimum absolute atomic E-state index is 0. The molecule has 0 amide bonds. The Labute approximate surface area is 282 Å². The van der Waals surface area contributed by atoms with E-state index in [0.29, 0.717) is 0 Å². The summed E-state index contributed by atoms with van der Waals surface area (Å²) >= 11 is 0. The van der Waals surface area contributed by atoms with Gasteiger partial charge >= 0.3 is 46.1 Å². The number of carboxylic acid groups (broad SMARTS) is 2. The van der Waals surface area contributed by atoms with Gasteiger partial charge in [0.25, 0.3) is 0 Å². The molecule has 0 saturated heterocycles. The summed E-state index contributed by atoms with van der Waals surface area (Å²) in [6.07, 6.45) is 36.8. The average molecular weight is 588 g/mol. The molecule has 0 saturated carbocycles. The van der Waals surface area contributed by atoms with Crippen LogP contribution in [-0.2, 0) is 9.59 Å². The zero-order chi connectivity index (χ0) is 28.4. The van der Waals surface area contributed by atoms with Crippen LogP contribution in [0, 0.1) is 0 Å². The number of carbonyl (C=O) groups excluding carboxylic acids is 2. The van der Waals surface area contributed by atoms with Crippen molar-refractivity contribution >= 4 is 58.0 Å². The fourth-order valence-electron chi connectivity index (χ4n) is 4.93. The van der Waals surface area contributed by atoms with Crippen LogP contribution in [0.1, 0.15) is 206 Å². The number of carbonyl (C=O) groups is 2. The number of hydrogen-bond acceptors (Lipinski definition) is 4. The Bertz CT molecular complexity index is 475. The van der Waals surface area contributed by atoms with E-state index in [1.165, 1.54) is 154 Å². The van der Waals surface area contributed by atoms with Crippen molar-refractivity contribution in [1.29, 1.82) is 0 Å². The van der Waals surface area contributed by atoms with E-state index in [1.807, 2.05) is 0 Å². The summed E-state index contributed by atoms with van der Waals surface area (Å²) in [6.45, 7) is 4.52. The van der Waals surface area contributed by atoms with E-state index in [1.54, 1.807) is 0 Å². The van der Waals surface area contributed by atoms with Gasteiger partial charge in [0.2, 0.25) is 0 Å². The van der Waals surface area contributed by atoms with Crippen LogP contribution in [0.25, 0.3) is 0 Å². The summed E-state index contributed by atoms with van der Waals surface area (Å²) in [6, 6.07) is 0. The van der Waals surface area contributed by atoms with Crippen LogP contribution in [0.4, 0.5) is 0 Å². The van der Waals surface area contributed by atoms with Crippen molar-refractivity contribution in [3.05, 3.63) is 0 Å². The predicted octanol–water partition coefficient (Wildman–Crippen LogP) is 8.45. The summed E-state index contributed by atoms with van der Waals surface area (Å²) in [5.74, 6) is -1.81. The van der Waals surface area contributed by atoms with Crippen molar-refractivity contribution in [2.45, 2.75) is 206 Å². The van der Waals surface area contributed by atoms with Gasteiger partial charge in [-0.2, -0.15) is 0 Å². The summed E-state index contributed by atoms with van der Waals surface area (Å²) in [7, 11) is 0. The first-order valence-electron chi connectivity index (χ1n) is 16.9. The molecule has 0 heterocycles. The first-order valence-corrected chi connectivity index (χ1v) is 16.9. The van der Waals surface area contributed by atoms with E-state index in [4.69, 9.17) is 0 Å². The fraction of sp³-hybridized carbons (Fsp3) is 0.941. The van der Waals surface area contributed by atoms with Crippen LogP contribution >= 0.6 is 0 Å². The zero-order valence-electron chi connectivity index (χ0n) is 27.3. The van der Waals surface area contributed by atoms with Gasteiger partial charge in [-0.15, -0.1) is 0 Å². The van der Waals surface area contributed by atoms with Gasteiger partial charge in [0.05, 0.1) is 0 Å². The van der Waals surface area contributed by atoms with Gasteiger partial charge in [-0.05, 0) is 25.7 Å². The molecule has 0 bridgehead atoms. The van der Waals surface area contributed by atoms with Gasteiger partial charge in [-0.25, -0.2) is 0 Å². The second-order valence-corrected chi connectivity index (χ2v) is 11.4. The molecule has 40 heavy (non-hydrogen) atoms. The molecule has 0 aliphatic carbocycles. The van der Waals surface area contributed by atoms with Crippen molar-refractivity contribution in [3.8, 4) is 0 Å². The molecule has 0 aromatic carbocycles. The monoisotopic (exact) mass is 586 g/mol. The number of aliphatic carboxylic acids is 2. The SMILES string of the molecule is CCCCCCCCCCCCCCCC(=O)[O-].CCCCCCCCCCCCCCCCCC(=O)[O-].[Mg+2].[Mg+2]. The van der Waals surface area contributed by atoms with E-state index in [-0.39, 0.29) is 58.9 Å². The van der Waals surface area contributed by atoms with Crippen LogP contribution in [0.3, 0.4) is 0 Å². The standard InChI is InChI=1S/C18H36O2.C16H32O2.2Mg/c1-2-3-4-5-6-7-8-9-10-11-12-13-14-15-16-17-18(19)20;1-2-3-4-5-6-7-8-9-10-11-12-13-14-15-16(17)18;;/h2-17H2,1H3,(H,19,20);2-15H2,1H3,(H,17,18);;/q;;2*+2/p-2. The molecule has 0 spiro atoms. The van der Waals surface area contributed by atoms with Crippen LogP contribution < -0.4 is 10.2 Å². The fourth-order valence-corrected chi connectivity index (χ4v) is 4.93. The molecular weight excluding hydrogens is 521 g/mol. The maximum Gasteiger partial charge on any atom is 2.00 e. The van der Waals surface area contributed by atoms with E-state index in [0.717, 1.165) is 25.7 Å². The van der Waals surface area contributed by atoms with Crippen LogP contribution in [0.15, 0.2) is 0 Å². The van der Waals surface area contributed by atoms with Crippen molar-refractivity contribution in [2.75, 3.05) is 0 Å². The molecular formula is C34H66Mg2O4+2. The van der Waals surface area contributed by atoms with Crippen LogP contribution in [0.5, 0.6) is 0 Å². The summed E-state index contributed by atoms with van der Waals surface area (Å²) in [5, 5.41) is 20.4. The van der Waals surface area contributed by atoms with Gasteiger partial charge in [0.1, 0.15) is 0 Å². The second-order valence-electron chi connectivity index (χ2n) is 11.4. The maximum atomic E-state index is 10.2. The van der Waals surface area contributed by atoms with Crippen molar-refractivity contribution < 1.29 is 19.8 Å². The molecule has 0 unspecified atom stereocenters. The molecule has 4 nitrogen and oxygen atoms in total. The predicted molar refractivity (Wildman–Crippen MR) is 171 cm³/mol. The topological polar surface area (TPSA) is 80.3 Å². The quantitative estimate of drug-likeness (QED) is 0.0624. The Kier molecular flexibility index (Phi) is 52.1. The van der Waals surface area contributed by atoms with Gasteiger partial charge in [-0.3, -0.25) is 0 Å². The van der Waals surface area contributed by atoms with E-state index in [9.17, 15) is 19.8 Å². The van der Waals surface area contributed by atoms with E-state index in [2.05, 4.69) is 13.8 Å². The number of unbranched alkanes of at least 4 members (excludes halogenated alkanes) is 26. The van der Waals surface area contributed by atoms with Crippen molar-refractivity contribution in [1.82, 2.24) is 0 Å². The molecule has 0 aliphatic heterocycles. The first kappa shape index (κ1) is 47.4. The third-order valence-corrected chi connectivity index (χ3v) is 7.47. The molecule has 0 radical (unpaired) electrons. The Balaban J connectivity index is -0.000000310. The third kappa shape index (κ3) is 51.2. The molecule has 0 aromatic heterocycles. The Morgan fingerprint density at radius 3 is 0.625 bits per heavy atom. The Morgan fingerprint density at radius 1 is 0.325 bits per heavy atom. The molecule has 6 heteroatoms. The van der Waals surface area contributed by atoms with Gasteiger partial charge < -0.3 is 19.8 Å². The largest absolute Gasteiger partial charge is 2.00 e. The minimum atomic E-state index is -0.905. The number of hydrogen-bond donors (Lipinski definition) is 0. The Morgan fingerprint density at radius 2 is 0.475 bits per heavy atom. The van der Waals surface area contributed by atoms with E-state index >= 15 is 0 Å². The van der Waals surface area contributed by atoms with Gasteiger partial charge in [-0.1, -0.05) is 181 Å². The molecule has 0 atom stereocenters. The molecule has 0 aliphatic rings. The third-order valence-electron chi connectivity index (χ3n) is 7.47. The van der Waals surface area contributed by atoms with Gasteiger partial charge in [0.15, 0.2) is 0 Å².